The first-order chi connectivity index (χ1) is 9.04. The van der Waals surface area contributed by atoms with Gasteiger partial charge in [-0.1, -0.05) is 0 Å². The second-order valence-electron chi connectivity index (χ2n) is 3.41. The van der Waals surface area contributed by atoms with Gasteiger partial charge in [-0.2, -0.15) is 0 Å². The fourth-order valence-electron chi connectivity index (χ4n) is 1.22. The first-order valence-corrected chi connectivity index (χ1v) is 5.30. The summed E-state index contributed by atoms with van der Waals surface area (Å²) in [5, 5.41) is 12.8. The molecule has 0 saturated carbocycles. The molecule has 0 aromatic carbocycles. The van der Waals surface area contributed by atoms with E-state index in [0.717, 1.165) is 0 Å². The Bertz CT molecular complexity index is 489. The Balaban J connectivity index is 2.51. The summed E-state index contributed by atoms with van der Waals surface area (Å²) < 4.78 is 4.90. The third-order valence-electron chi connectivity index (χ3n) is 2.06. The van der Waals surface area contributed by atoms with E-state index in [-0.39, 0.29) is 18.0 Å². The summed E-state index contributed by atoms with van der Waals surface area (Å²) in [6.07, 6.45) is 1.47. The number of rotatable bonds is 6. The summed E-state index contributed by atoms with van der Waals surface area (Å²) in [6, 6.07) is 3.05. The molecule has 8 nitrogen and oxygen atoms in total. The molecule has 8 heteroatoms. The highest BCUT2D eigenvalue weighted by Crippen LogP contribution is 2.12. The number of methoxy groups -OCH3 is 1. The lowest BCUT2D eigenvalue weighted by molar-refractivity contribution is -0.137. The lowest BCUT2D eigenvalue weighted by Crippen LogP contribution is -2.39. The van der Waals surface area contributed by atoms with E-state index in [2.05, 4.69) is 15.6 Å². The van der Waals surface area contributed by atoms with Crippen molar-refractivity contribution in [1.29, 1.82) is 0 Å². The van der Waals surface area contributed by atoms with E-state index in [4.69, 9.17) is 9.84 Å². The summed E-state index contributed by atoms with van der Waals surface area (Å²) >= 11 is 0. The first-order valence-electron chi connectivity index (χ1n) is 5.30. The van der Waals surface area contributed by atoms with E-state index < -0.39 is 24.3 Å². The lowest BCUT2D eigenvalue weighted by atomic mass is 10.2. The van der Waals surface area contributed by atoms with Crippen LogP contribution in [0.5, 0.6) is 5.88 Å². The second-order valence-corrected chi connectivity index (χ2v) is 3.41. The Morgan fingerprint density at radius 2 is 2.05 bits per heavy atom. The molecule has 0 aliphatic carbocycles. The summed E-state index contributed by atoms with van der Waals surface area (Å²) in [7, 11) is 1.37. The van der Waals surface area contributed by atoms with E-state index in [1.807, 2.05) is 0 Å². The lowest BCUT2D eigenvalue weighted by Gasteiger charge is -2.07. The number of carboxylic acid groups (broad SMARTS) is 1. The highest BCUT2D eigenvalue weighted by molar-refractivity contribution is 5.98. The number of nitrogens with zero attached hydrogens (tertiary/aromatic N) is 1. The maximum Gasteiger partial charge on any atom is 0.322 e. The van der Waals surface area contributed by atoms with E-state index in [0.29, 0.717) is 0 Å². The predicted molar refractivity (Wildman–Crippen MR) is 63.8 cm³/mol. The van der Waals surface area contributed by atoms with Gasteiger partial charge in [0.1, 0.15) is 12.1 Å². The van der Waals surface area contributed by atoms with Crippen LogP contribution in [0.15, 0.2) is 18.3 Å². The van der Waals surface area contributed by atoms with E-state index in [1.165, 1.54) is 19.4 Å². The fraction of sp³-hybridized carbons (Fsp3) is 0.273. The molecule has 1 aromatic heterocycles. The molecule has 0 aliphatic heterocycles. The number of carbonyl (C=O) groups excluding carboxylic acids is 2. The highest BCUT2D eigenvalue weighted by Gasteiger charge is 2.13. The van der Waals surface area contributed by atoms with Gasteiger partial charge in [0.25, 0.3) is 5.91 Å². The van der Waals surface area contributed by atoms with E-state index in [1.54, 1.807) is 6.07 Å². The van der Waals surface area contributed by atoms with E-state index >= 15 is 0 Å². The molecule has 3 N–H and O–H groups in total. The fourth-order valence-corrected chi connectivity index (χ4v) is 1.22. The van der Waals surface area contributed by atoms with Crippen LogP contribution in [0.1, 0.15) is 10.4 Å². The minimum absolute atomic E-state index is 0.144. The second kappa shape index (κ2) is 6.94. The minimum atomic E-state index is -1.16. The molecule has 0 fully saturated rings. The first kappa shape index (κ1) is 14.4. The Labute approximate surface area is 108 Å². The van der Waals surface area contributed by atoms with Crippen LogP contribution in [-0.2, 0) is 9.59 Å². The number of ether oxygens (including phenoxy) is 1. The van der Waals surface area contributed by atoms with Crippen LogP contribution in [0.25, 0.3) is 0 Å². The average Bonchev–Trinajstić information content (AvgIpc) is 2.42. The van der Waals surface area contributed by atoms with Crippen LogP contribution in [0.4, 0.5) is 0 Å². The van der Waals surface area contributed by atoms with Crippen molar-refractivity contribution in [2.45, 2.75) is 0 Å². The Kier molecular flexibility index (Phi) is 5.27. The van der Waals surface area contributed by atoms with Crippen LogP contribution in [0.3, 0.4) is 0 Å². The van der Waals surface area contributed by atoms with Crippen LogP contribution >= 0.6 is 0 Å². The maximum atomic E-state index is 11.7. The summed E-state index contributed by atoms with van der Waals surface area (Å²) in [5.74, 6) is -2.14. The molecular weight excluding hydrogens is 254 g/mol. The number of carbonyl (C=O) groups is 3. The summed E-state index contributed by atoms with van der Waals surface area (Å²) in [4.78, 5) is 37.0. The maximum absolute atomic E-state index is 11.7. The van der Waals surface area contributed by atoms with E-state index in [9.17, 15) is 14.4 Å². The van der Waals surface area contributed by atoms with Gasteiger partial charge < -0.3 is 20.5 Å². The molecule has 0 atom stereocenters. The molecule has 1 aromatic rings. The molecule has 0 bridgehead atoms. The number of aromatic nitrogens is 1. The van der Waals surface area contributed by atoms with Crippen LogP contribution < -0.4 is 15.4 Å². The van der Waals surface area contributed by atoms with Crippen molar-refractivity contribution in [3.05, 3.63) is 23.9 Å². The van der Waals surface area contributed by atoms with Gasteiger partial charge in [-0.3, -0.25) is 14.4 Å². The van der Waals surface area contributed by atoms with Crippen molar-refractivity contribution in [3.8, 4) is 5.88 Å². The average molecular weight is 267 g/mol. The number of carboxylic acids is 1. The molecule has 0 unspecified atom stereocenters. The molecule has 0 radical (unpaired) electrons. The normalized spacial score (nSPS) is 9.53. The number of hydrogen-bond donors (Lipinski definition) is 3. The van der Waals surface area contributed by atoms with Gasteiger partial charge in [0, 0.05) is 6.20 Å². The van der Waals surface area contributed by atoms with Gasteiger partial charge in [-0.05, 0) is 12.1 Å². The molecule has 19 heavy (non-hydrogen) atoms. The number of pyridine rings is 1. The van der Waals surface area contributed by atoms with Crippen molar-refractivity contribution >= 4 is 17.8 Å². The number of nitrogens with one attached hydrogen (secondary N) is 2. The Hall–Kier alpha value is -2.64. The molecule has 102 valence electrons. The third kappa shape index (κ3) is 4.62. The van der Waals surface area contributed by atoms with Gasteiger partial charge in [0.05, 0.1) is 13.7 Å². The zero-order valence-corrected chi connectivity index (χ0v) is 10.2. The Morgan fingerprint density at radius 3 is 2.68 bits per heavy atom. The van der Waals surface area contributed by atoms with Gasteiger partial charge >= 0.3 is 5.97 Å². The Morgan fingerprint density at radius 1 is 1.32 bits per heavy atom. The predicted octanol–water partition coefficient (Wildman–Crippen LogP) is -0.979. The summed E-state index contributed by atoms with van der Waals surface area (Å²) in [6.45, 7) is -0.824. The van der Waals surface area contributed by atoms with Crippen molar-refractivity contribution in [1.82, 2.24) is 15.6 Å². The number of amides is 2. The minimum Gasteiger partial charge on any atom is -0.480 e. The van der Waals surface area contributed by atoms with Gasteiger partial charge in [0.2, 0.25) is 11.8 Å². The zero-order chi connectivity index (χ0) is 14.3. The van der Waals surface area contributed by atoms with Crippen LogP contribution in [0.2, 0.25) is 0 Å². The zero-order valence-electron chi connectivity index (χ0n) is 10.2. The third-order valence-corrected chi connectivity index (χ3v) is 2.06. The van der Waals surface area contributed by atoms with Crippen molar-refractivity contribution in [2.24, 2.45) is 0 Å². The molecule has 0 aliphatic rings. The highest BCUT2D eigenvalue weighted by atomic mass is 16.5. The van der Waals surface area contributed by atoms with Gasteiger partial charge in [-0.15, -0.1) is 0 Å². The quantitative estimate of drug-likeness (QED) is 0.610. The van der Waals surface area contributed by atoms with Gasteiger partial charge in [0.15, 0.2) is 0 Å². The number of hydrogen-bond acceptors (Lipinski definition) is 5. The molecular formula is C11H13N3O5. The standard InChI is InChI=1S/C11H13N3O5/c1-19-11-7(3-2-4-12-11)10(18)14-5-8(15)13-6-9(16)17/h2-4H,5-6H2,1H3,(H,13,15)(H,14,18)(H,16,17). The molecule has 0 saturated heterocycles. The molecule has 0 spiro atoms. The summed E-state index contributed by atoms with van der Waals surface area (Å²) in [5.41, 5.74) is 0.191. The van der Waals surface area contributed by atoms with Crippen molar-refractivity contribution < 1.29 is 24.2 Å². The molecule has 1 heterocycles. The van der Waals surface area contributed by atoms with Crippen molar-refractivity contribution in [3.63, 3.8) is 0 Å². The van der Waals surface area contributed by atoms with Crippen molar-refractivity contribution in [2.75, 3.05) is 20.2 Å². The van der Waals surface area contributed by atoms with Crippen LogP contribution in [-0.4, -0.2) is 48.1 Å². The smallest absolute Gasteiger partial charge is 0.322 e. The van der Waals surface area contributed by atoms with Crippen LogP contribution in [0, 0.1) is 0 Å². The molecule has 2 amide bonds. The number of aliphatic carboxylic acids is 1. The monoisotopic (exact) mass is 267 g/mol. The molecule has 1 rings (SSSR count). The topological polar surface area (TPSA) is 118 Å². The largest absolute Gasteiger partial charge is 0.480 e. The SMILES string of the molecule is COc1ncccc1C(=O)NCC(=O)NCC(=O)O. The van der Waals surface area contributed by atoms with Gasteiger partial charge in [-0.25, -0.2) is 4.98 Å².